The van der Waals surface area contributed by atoms with Crippen LogP contribution in [0.2, 0.25) is 0 Å². The Morgan fingerprint density at radius 2 is 2.14 bits per heavy atom. The molecule has 116 valence electrons. The Morgan fingerprint density at radius 1 is 1.36 bits per heavy atom. The van der Waals surface area contributed by atoms with E-state index in [0.29, 0.717) is 30.2 Å². The van der Waals surface area contributed by atoms with Crippen molar-refractivity contribution in [2.75, 3.05) is 13.2 Å². The Labute approximate surface area is 131 Å². The first-order chi connectivity index (χ1) is 10.5. The van der Waals surface area contributed by atoms with Crippen LogP contribution in [0.1, 0.15) is 12.5 Å². The van der Waals surface area contributed by atoms with Crippen molar-refractivity contribution in [3.8, 4) is 11.5 Å². The number of rotatable bonds is 7. The molecule has 0 fully saturated rings. The van der Waals surface area contributed by atoms with Crippen molar-refractivity contribution < 1.29 is 24.2 Å². The third kappa shape index (κ3) is 4.01. The van der Waals surface area contributed by atoms with Gasteiger partial charge in [-0.3, -0.25) is 10.1 Å². The molecular formula is C14H14N2O5S. The summed E-state index contributed by atoms with van der Waals surface area (Å²) < 4.78 is 10.6. The van der Waals surface area contributed by atoms with Gasteiger partial charge in [0.05, 0.1) is 6.61 Å². The van der Waals surface area contributed by atoms with Crippen molar-refractivity contribution in [1.29, 1.82) is 0 Å². The number of hydrogen-bond donors (Lipinski definition) is 2. The van der Waals surface area contributed by atoms with E-state index in [4.69, 9.17) is 26.8 Å². The van der Waals surface area contributed by atoms with Gasteiger partial charge in [-0.05, 0) is 36.8 Å². The predicted octanol–water partition coefficient (Wildman–Crippen LogP) is 0.947. The van der Waals surface area contributed by atoms with Gasteiger partial charge in [-0.15, -0.1) is 0 Å². The van der Waals surface area contributed by atoms with Crippen molar-refractivity contribution >= 4 is 34.9 Å². The molecule has 0 saturated carbocycles. The number of benzene rings is 1. The molecule has 1 aliphatic rings. The van der Waals surface area contributed by atoms with Crippen molar-refractivity contribution in [2.24, 2.45) is 4.99 Å². The lowest BCUT2D eigenvalue weighted by Gasteiger charge is -2.12. The molecule has 0 unspecified atom stereocenters. The van der Waals surface area contributed by atoms with Crippen LogP contribution < -0.4 is 14.8 Å². The number of thiocarbonyl (C=S) groups is 1. The lowest BCUT2D eigenvalue weighted by atomic mass is 10.1. The fraction of sp³-hybridized carbons (Fsp3) is 0.286. The van der Waals surface area contributed by atoms with E-state index >= 15 is 0 Å². The number of carbonyl (C=O) groups excluding carboxylic acids is 1. The van der Waals surface area contributed by atoms with E-state index in [-0.39, 0.29) is 11.0 Å². The summed E-state index contributed by atoms with van der Waals surface area (Å²) in [5.41, 5.74) is 1.11. The minimum absolute atomic E-state index is 0.159. The minimum Gasteiger partial charge on any atom is -0.490 e. The SMILES string of the molecule is CCOc1cc(CC2=NC(=S)NC2=O)ccc1OCC(=O)O. The monoisotopic (exact) mass is 322 g/mol. The maximum absolute atomic E-state index is 11.6. The molecule has 0 saturated heterocycles. The van der Waals surface area contributed by atoms with Crippen LogP contribution in [0.25, 0.3) is 0 Å². The van der Waals surface area contributed by atoms with E-state index < -0.39 is 12.6 Å². The fourth-order valence-corrected chi connectivity index (χ4v) is 2.08. The van der Waals surface area contributed by atoms with Gasteiger partial charge in [0.1, 0.15) is 5.71 Å². The molecule has 1 amide bonds. The highest BCUT2D eigenvalue weighted by atomic mass is 32.1. The van der Waals surface area contributed by atoms with Crippen molar-refractivity contribution in [3.05, 3.63) is 23.8 Å². The van der Waals surface area contributed by atoms with Gasteiger partial charge < -0.3 is 14.6 Å². The average Bonchev–Trinajstić information content (AvgIpc) is 2.76. The summed E-state index contributed by atoms with van der Waals surface area (Å²) in [6.07, 6.45) is 0.297. The number of nitrogens with zero attached hydrogens (tertiary/aromatic N) is 1. The molecule has 0 aromatic heterocycles. The van der Waals surface area contributed by atoms with Crippen LogP contribution in [-0.2, 0) is 16.0 Å². The number of carbonyl (C=O) groups is 2. The van der Waals surface area contributed by atoms with Gasteiger partial charge in [0.2, 0.25) is 0 Å². The molecule has 1 aromatic rings. The van der Waals surface area contributed by atoms with Crippen molar-refractivity contribution in [2.45, 2.75) is 13.3 Å². The second kappa shape index (κ2) is 6.99. The van der Waals surface area contributed by atoms with Gasteiger partial charge in [-0.1, -0.05) is 6.07 Å². The van der Waals surface area contributed by atoms with Crippen LogP contribution in [-0.4, -0.2) is 41.0 Å². The Balaban J connectivity index is 2.17. The number of carboxylic acid groups (broad SMARTS) is 1. The summed E-state index contributed by atoms with van der Waals surface area (Å²) in [5, 5.41) is 11.3. The quantitative estimate of drug-likeness (QED) is 0.725. The number of nitrogens with one attached hydrogen (secondary N) is 1. The molecule has 0 radical (unpaired) electrons. The Bertz CT molecular complexity index is 657. The third-order valence-corrected chi connectivity index (χ3v) is 2.94. The standard InChI is InChI=1S/C14H14N2O5S/c1-2-20-11-6-8(3-4-10(11)21-7-12(17)18)5-9-13(19)16-14(22)15-9/h3-4,6H,2,5,7H2,1H3,(H,17,18)(H,16,19,22). The highest BCUT2D eigenvalue weighted by Gasteiger charge is 2.21. The summed E-state index contributed by atoms with van der Waals surface area (Å²) in [7, 11) is 0. The van der Waals surface area contributed by atoms with E-state index in [9.17, 15) is 9.59 Å². The Morgan fingerprint density at radius 3 is 2.73 bits per heavy atom. The highest BCUT2D eigenvalue weighted by Crippen LogP contribution is 2.29. The van der Waals surface area contributed by atoms with Gasteiger partial charge in [-0.2, -0.15) is 0 Å². The summed E-state index contributed by atoms with van der Waals surface area (Å²) in [4.78, 5) is 26.1. The first-order valence-electron chi connectivity index (χ1n) is 6.52. The normalized spacial score (nSPS) is 13.6. The van der Waals surface area contributed by atoms with Crippen LogP contribution in [0.15, 0.2) is 23.2 Å². The molecule has 0 spiro atoms. The van der Waals surface area contributed by atoms with Gasteiger partial charge in [-0.25, -0.2) is 9.79 Å². The van der Waals surface area contributed by atoms with E-state index in [1.165, 1.54) is 0 Å². The van der Waals surface area contributed by atoms with Crippen LogP contribution in [0.3, 0.4) is 0 Å². The van der Waals surface area contributed by atoms with Crippen molar-refractivity contribution in [1.82, 2.24) is 5.32 Å². The minimum atomic E-state index is -1.07. The smallest absolute Gasteiger partial charge is 0.341 e. The highest BCUT2D eigenvalue weighted by molar-refractivity contribution is 7.80. The molecule has 0 aliphatic carbocycles. The number of amides is 1. The first-order valence-corrected chi connectivity index (χ1v) is 6.93. The molecule has 7 nitrogen and oxygen atoms in total. The van der Waals surface area contributed by atoms with E-state index in [2.05, 4.69) is 10.3 Å². The average molecular weight is 322 g/mol. The Hall–Kier alpha value is -2.48. The lowest BCUT2D eigenvalue weighted by Crippen LogP contribution is -2.26. The summed E-state index contributed by atoms with van der Waals surface area (Å²) in [6, 6.07) is 5.02. The van der Waals surface area contributed by atoms with E-state index in [1.54, 1.807) is 25.1 Å². The second-order valence-corrected chi connectivity index (χ2v) is 4.78. The van der Waals surface area contributed by atoms with Gasteiger partial charge in [0.15, 0.2) is 23.2 Å². The summed E-state index contributed by atoms with van der Waals surface area (Å²) in [6.45, 7) is 1.75. The number of carboxylic acids is 1. The van der Waals surface area contributed by atoms with Crippen LogP contribution in [0.5, 0.6) is 11.5 Å². The number of ether oxygens (including phenoxy) is 2. The number of hydrogen-bond acceptors (Lipinski definition) is 5. The van der Waals surface area contributed by atoms with Crippen LogP contribution in [0.4, 0.5) is 0 Å². The molecule has 0 atom stereocenters. The van der Waals surface area contributed by atoms with E-state index in [1.807, 2.05) is 0 Å². The maximum atomic E-state index is 11.6. The molecule has 1 aromatic carbocycles. The molecule has 8 heteroatoms. The molecule has 2 N–H and O–H groups in total. The third-order valence-electron chi connectivity index (χ3n) is 2.75. The van der Waals surface area contributed by atoms with Gasteiger partial charge in [0, 0.05) is 6.42 Å². The number of aliphatic imine (C=N–C) groups is 1. The molecule has 1 heterocycles. The largest absolute Gasteiger partial charge is 0.490 e. The van der Waals surface area contributed by atoms with E-state index in [0.717, 1.165) is 5.56 Å². The Kier molecular flexibility index (Phi) is 5.05. The topological polar surface area (TPSA) is 97.2 Å². The zero-order valence-corrected chi connectivity index (χ0v) is 12.6. The van der Waals surface area contributed by atoms with Crippen molar-refractivity contribution in [3.63, 3.8) is 0 Å². The van der Waals surface area contributed by atoms with Crippen LogP contribution >= 0.6 is 12.2 Å². The molecule has 0 bridgehead atoms. The second-order valence-electron chi connectivity index (χ2n) is 4.39. The van der Waals surface area contributed by atoms with Crippen LogP contribution in [0, 0.1) is 0 Å². The zero-order valence-electron chi connectivity index (χ0n) is 11.8. The van der Waals surface area contributed by atoms with Gasteiger partial charge >= 0.3 is 5.97 Å². The maximum Gasteiger partial charge on any atom is 0.341 e. The lowest BCUT2D eigenvalue weighted by molar-refractivity contribution is -0.139. The molecular weight excluding hydrogens is 308 g/mol. The fourth-order valence-electron chi connectivity index (χ4n) is 1.87. The summed E-state index contributed by atoms with van der Waals surface area (Å²) in [5.74, 6) is -0.629. The predicted molar refractivity (Wildman–Crippen MR) is 82.6 cm³/mol. The molecule has 22 heavy (non-hydrogen) atoms. The van der Waals surface area contributed by atoms with Gasteiger partial charge in [0.25, 0.3) is 5.91 Å². The summed E-state index contributed by atoms with van der Waals surface area (Å²) >= 11 is 4.82. The zero-order chi connectivity index (χ0) is 16.1. The molecule has 1 aliphatic heterocycles. The number of aliphatic carboxylic acids is 1. The molecule has 2 rings (SSSR count). The first kappa shape index (κ1) is 15.9.